The molecule has 15 heavy (non-hydrogen) atoms. The molecule has 0 aliphatic carbocycles. The number of carbonyl (C=O) groups is 1. The van der Waals surface area contributed by atoms with E-state index >= 15 is 0 Å². The summed E-state index contributed by atoms with van der Waals surface area (Å²) in [6.45, 7) is 5.64. The van der Waals surface area contributed by atoms with Crippen LogP contribution in [0, 0.1) is 0 Å². The minimum atomic E-state index is -1.18. The fraction of sp³-hybridized carbons (Fsp3) is 0.364. The van der Waals surface area contributed by atoms with Gasteiger partial charge in [-0.2, -0.15) is 0 Å². The van der Waals surface area contributed by atoms with Gasteiger partial charge in [-0.1, -0.05) is 32.4 Å². The molecule has 0 aromatic heterocycles. The molecule has 1 aromatic rings. The molecule has 0 spiro atoms. The predicted octanol–water partition coefficient (Wildman–Crippen LogP) is 3.04. The van der Waals surface area contributed by atoms with E-state index in [1.165, 1.54) is 6.07 Å². The Morgan fingerprint density at radius 1 is 1.33 bits per heavy atom. The van der Waals surface area contributed by atoms with Crippen LogP contribution < -0.4 is 0 Å². The van der Waals surface area contributed by atoms with Crippen molar-refractivity contribution in [3.8, 4) is 5.75 Å². The molecule has 2 N–H and O–H groups in total. The third kappa shape index (κ3) is 2.42. The van der Waals surface area contributed by atoms with E-state index in [2.05, 4.69) is 0 Å². The lowest BCUT2D eigenvalue weighted by Gasteiger charge is -2.21. The number of aromatic hydroxyl groups is 1. The molecule has 1 aromatic carbocycles. The number of benzene rings is 1. The standard InChI is InChI=1S/C11H13ClO3/c1-11(2,3)8-5-6(12)4-7(9(8)13)10(14)15/h4-5,13H,1-3H3,(H,14,15). The number of phenols is 1. The Bertz CT molecular complexity index is 405. The van der Waals surface area contributed by atoms with Crippen molar-refractivity contribution in [2.45, 2.75) is 26.2 Å². The van der Waals surface area contributed by atoms with E-state index < -0.39 is 5.97 Å². The van der Waals surface area contributed by atoms with Crippen LogP contribution in [0.2, 0.25) is 5.02 Å². The molecule has 1 rings (SSSR count). The van der Waals surface area contributed by atoms with Gasteiger partial charge in [-0.3, -0.25) is 0 Å². The molecule has 0 fully saturated rings. The van der Waals surface area contributed by atoms with Crippen LogP contribution in [0.15, 0.2) is 12.1 Å². The summed E-state index contributed by atoms with van der Waals surface area (Å²) in [7, 11) is 0. The Morgan fingerprint density at radius 3 is 2.27 bits per heavy atom. The van der Waals surface area contributed by atoms with Gasteiger partial charge in [-0.15, -0.1) is 0 Å². The van der Waals surface area contributed by atoms with E-state index in [4.69, 9.17) is 16.7 Å². The quantitative estimate of drug-likeness (QED) is 0.777. The average molecular weight is 229 g/mol. The van der Waals surface area contributed by atoms with Crippen LogP contribution in [-0.4, -0.2) is 16.2 Å². The molecular formula is C11H13ClO3. The summed E-state index contributed by atoms with van der Waals surface area (Å²) in [5.74, 6) is -1.39. The van der Waals surface area contributed by atoms with Crippen molar-refractivity contribution in [1.29, 1.82) is 0 Å². The lowest BCUT2D eigenvalue weighted by atomic mass is 9.85. The summed E-state index contributed by atoms with van der Waals surface area (Å²) in [5, 5.41) is 19.0. The molecule has 0 saturated carbocycles. The van der Waals surface area contributed by atoms with Gasteiger partial charge in [0.1, 0.15) is 11.3 Å². The van der Waals surface area contributed by atoms with Crippen molar-refractivity contribution in [2.75, 3.05) is 0 Å². The molecule has 4 heteroatoms. The summed E-state index contributed by atoms with van der Waals surface area (Å²) in [6.07, 6.45) is 0. The van der Waals surface area contributed by atoms with Gasteiger partial charge in [-0.25, -0.2) is 4.79 Å². The monoisotopic (exact) mass is 228 g/mol. The van der Waals surface area contributed by atoms with Crippen LogP contribution in [0.1, 0.15) is 36.7 Å². The van der Waals surface area contributed by atoms with Crippen LogP contribution in [0.5, 0.6) is 5.75 Å². The summed E-state index contributed by atoms with van der Waals surface area (Å²) < 4.78 is 0. The van der Waals surface area contributed by atoms with Crippen molar-refractivity contribution in [1.82, 2.24) is 0 Å². The number of hydrogen-bond donors (Lipinski definition) is 2. The lowest BCUT2D eigenvalue weighted by molar-refractivity contribution is 0.0693. The molecule has 0 unspecified atom stereocenters. The van der Waals surface area contributed by atoms with Crippen LogP contribution in [0.4, 0.5) is 0 Å². The zero-order valence-electron chi connectivity index (χ0n) is 8.84. The Kier molecular flexibility index (Phi) is 2.95. The van der Waals surface area contributed by atoms with Gasteiger partial charge in [0.25, 0.3) is 0 Å². The first-order valence-electron chi connectivity index (χ1n) is 4.50. The Hall–Kier alpha value is -1.22. The first-order valence-corrected chi connectivity index (χ1v) is 4.87. The van der Waals surface area contributed by atoms with Crippen molar-refractivity contribution in [2.24, 2.45) is 0 Å². The van der Waals surface area contributed by atoms with Crippen LogP contribution in [0.25, 0.3) is 0 Å². The second kappa shape index (κ2) is 3.74. The summed E-state index contributed by atoms with van der Waals surface area (Å²) in [5.41, 5.74) is 0.0268. The smallest absolute Gasteiger partial charge is 0.339 e. The first kappa shape index (κ1) is 11.9. The highest BCUT2D eigenvalue weighted by Crippen LogP contribution is 2.35. The summed E-state index contributed by atoms with van der Waals surface area (Å²) in [4.78, 5) is 10.8. The number of carboxylic acids is 1. The lowest BCUT2D eigenvalue weighted by Crippen LogP contribution is -2.13. The number of halogens is 1. The van der Waals surface area contributed by atoms with Gasteiger partial charge in [0.05, 0.1) is 0 Å². The van der Waals surface area contributed by atoms with E-state index in [0.717, 1.165) is 0 Å². The molecule has 0 aliphatic heterocycles. The average Bonchev–Trinajstić information content (AvgIpc) is 2.06. The van der Waals surface area contributed by atoms with Crippen LogP contribution in [0.3, 0.4) is 0 Å². The molecule has 0 atom stereocenters. The van der Waals surface area contributed by atoms with Gasteiger partial charge in [0.15, 0.2) is 0 Å². The maximum atomic E-state index is 10.8. The number of rotatable bonds is 1. The van der Waals surface area contributed by atoms with Crippen molar-refractivity contribution < 1.29 is 15.0 Å². The SMILES string of the molecule is CC(C)(C)c1cc(Cl)cc(C(=O)O)c1O. The Labute approximate surface area is 93.3 Å². The number of hydrogen-bond acceptors (Lipinski definition) is 2. The van der Waals surface area contributed by atoms with Crippen LogP contribution in [-0.2, 0) is 5.41 Å². The minimum Gasteiger partial charge on any atom is -0.507 e. The molecule has 0 heterocycles. The third-order valence-electron chi connectivity index (χ3n) is 2.11. The fourth-order valence-electron chi connectivity index (χ4n) is 1.33. The van der Waals surface area contributed by atoms with Crippen molar-refractivity contribution in [3.63, 3.8) is 0 Å². The maximum absolute atomic E-state index is 10.8. The minimum absolute atomic E-state index is 0.160. The summed E-state index contributed by atoms with van der Waals surface area (Å²) in [6, 6.07) is 2.83. The van der Waals surface area contributed by atoms with Crippen LogP contribution >= 0.6 is 11.6 Å². The van der Waals surface area contributed by atoms with Crippen molar-refractivity contribution >= 4 is 17.6 Å². The molecule has 0 radical (unpaired) electrons. The highest BCUT2D eigenvalue weighted by molar-refractivity contribution is 6.31. The van der Waals surface area contributed by atoms with E-state index in [1.807, 2.05) is 20.8 Å². The first-order chi connectivity index (χ1) is 6.73. The maximum Gasteiger partial charge on any atom is 0.339 e. The van der Waals surface area contributed by atoms with Gasteiger partial charge < -0.3 is 10.2 Å². The molecule has 0 bridgehead atoms. The fourth-order valence-corrected chi connectivity index (χ4v) is 1.55. The molecule has 0 saturated heterocycles. The largest absolute Gasteiger partial charge is 0.507 e. The summed E-state index contributed by atoms with van der Waals surface area (Å²) >= 11 is 5.80. The zero-order valence-corrected chi connectivity index (χ0v) is 9.59. The Balaban J connectivity index is 3.49. The second-order valence-corrected chi connectivity index (χ2v) is 4.84. The van der Waals surface area contributed by atoms with Gasteiger partial charge in [0, 0.05) is 10.6 Å². The molecular weight excluding hydrogens is 216 g/mol. The molecule has 3 nitrogen and oxygen atoms in total. The molecule has 0 aliphatic rings. The van der Waals surface area contributed by atoms with Gasteiger partial charge in [-0.05, 0) is 17.5 Å². The highest BCUT2D eigenvalue weighted by atomic mass is 35.5. The second-order valence-electron chi connectivity index (χ2n) is 4.40. The molecule has 0 amide bonds. The number of carboxylic acid groups (broad SMARTS) is 1. The topological polar surface area (TPSA) is 57.5 Å². The predicted molar refractivity (Wildman–Crippen MR) is 58.8 cm³/mol. The van der Waals surface area contributed by atoms with Gasteiger partial charge >= 0.3 is 5.97 Å². The Morgan fingerprint density at radius 2 is 1.87 bits per heavy atom. The van der Waals surface area contributed by atoms with E-state index in [0.29, 0.717) is 10.6 Å². The van der Waals surface area contributed by atoms with E-state index in [9.17, 15) is 9.90 Å². The normalized spacial score (nSPS) is 11.5. The third-order valence-corrected chi connectivity index (χ3v) is 2.33. The van der Waals surface area contributed by atoms with E-state index in [-0.39, 0.29) is 16.7 Å². The number of aromatic carboxylic acids is 1. The zero-order chi connectivity index (χ0) is 11.8. The van der Waals surface area contributed by atoms with Gasteiger partial charge in [0.2, 0.25) is 0 Å². The molecule has 82 valence electrons. The highest BCUT2D eigenvalue weighted by Gasteiger charge is 2.23. The van der Waals surface area contributed by atoms with Crippen molar-refractivity contribution in [3.05, 3.63) is 28.3 Å². The van der Waals surface area contributed by atoms with E-state index in [1.54, 1.807) is 6.07 Å².